The Bertz CT molecular complexity index is 576. The van der Waals surface area contributed by atoms with E-state index in [0.717, 1.165) is 30.2 Å². The molecular formula is C21H35O3S-. The molecule has 0 aliphatic heterocycles. The molecule has 0 spiro atoms. The molecule has 0 saturated carbocycles. The molecule has 0 radical (unpaired) electrons. The molecule has 0 heterocycles. The van der Waals surface area contributed by atoms with Gasteiger partial charge >= 0.3 is 0 Å². The molecule has 0 amide bonds. The van der Waals surface area contributed by atoms with E-state index in [-0.39, 0.29) is 4.90 Å². The zero-order chi connectivity index (χ0) is 18.9. The minimum Gasteiger partial charge on any atom is -0.744 e. The van der Waals surface area contributed by atoms with E-state index in [2.05, 4.69) is 27.7 Å². The van der Waals surface area contributed by atoms with Crippen molar-refractivity contribution in [3.63, 3.8) is 0 Å². The third-order valence-corrected chi connectivity index (χ3v) is 5.86. The fourth-order valence-electron chi connectivity index (χ4n) is 3.21. The zero-order valence-electron chi connectivity index (χ0n) is 16.3. The van der Waals surface area contributed by atoms with Crippen LogP contribution in [0.2, 0.25) is 0 Å². The van der Waals surface area contributed by atoms with Crippen LogP contribution < -0.4 is 0 Å². The van der Waals surface area contributed by atoms with Crippen LogP contribution in [0.3, 0.4) is 0 Å². The van der Waals surface area contributed by atoms with E-state index in [4.69, 9.17) is 0 Å². The average Bonchev–Trinajstić information content (AvgIpc) is 2.52. The van der Waals surface area contributed by atoms with Crippen LogP contribution in [0.4, 0.5) is 0 Å². The Hall–Kier alpha value is -0.870. The molecule has 144 valence electrons. The summed E-state index contributed by atoms with van der Waals surface area (Å²) in [5.41, 5.74) is 1.10. The Morgan fingerprint density at radius 3 is 1.76 bits per heavy atom. The largest absolute Gasteiger partial charge is 0.744 e. The summed E-state index contributed by atoms with van der Waals surface area (Å²) in [6, 6.07) is 6.35. The summed E-state index contributed by atoms with van der Waals surface area (Å²) in [7, 11) is -4.33. The van der Waals surface area contributed by atoms with Crippen LogP contribution in [0, 0.1) is 17.8 Å². The minimum absolute atomic E-state index is 0.143. The van der Waals surface area contributed by atoms with Crippen LogP contribution >= 0.6 is 0 Å². The molecule has 1 rings (SSSR count). The number of rotatable bonds is 12. The van der Waals surface area contributed by atoms with Crippen molar-refractivity contribution in [3.05, 3.63) is 29.8 Å². The summed E-state index contributed by atoms with van der Waals surface area (Å²) in [5, 5.41) is 0. The van der Waals surface area contributed by atoms with Crippen LogP contribution in [0.15, 0.2) is 29.2 Å². The summed E-state index contributed by atoms with van der Waals surface area (Å²) >= 11 is 0. The van der Waals surface area contributed by atoms with Crippen molar-refractivity contribution in [2.45, 2.75) is 84.0 Å². The Kier molecular flexibility index (Phi) is 9.73. The van der Waals surface area contributed by atoms with Crippen molar-refractivity contribution in [3.8, 4) is 0 Å². The van der Waals surface area contributed by atoms with Crippen LogP contribution in [0.25, 0.3) is 0 Å². The van der Waals surface area contributed by atoms with E-state index >= 15 is 0 Å². The molecule has 4 heteroatoms. The second-order valence-electron chi connectivity index (χ2n) is 8.10. The summed E-state index contributed by atoms with van der Waals surface area (Å²) in [6.07, 6.45) is 9.94. The van der Waals surface area contributed by atoms with Crippen molar-refractivity contribution >= 4 is 10.1 Å². The van der Waals surface area contributed by atoms with Crippen molar-refractivity contribution < 1.29 is 13.0 Å². The molecule has 0 bridgehead atoms. The molecule has 2 atom stereocenters. The van der Waals surface area contributed by atoms with E-state index in [9.17, 15) is 13.0 Å². The van der Waals surface area contributed by atoms with Crippen LogP contribution in [-0.4, -0.2) is 13.0 Å². The van der Waals surface area contributed by atoms with Gasteiger partial charge in [0, 0.05) is 0 Å². The van der Waals surface area contributed by atoms with Gasteiger partial charge in [0.2, 0.25) is 0 Å². The third kappa shape index (κ3) is 10.0. The van der Waals surface area contributed by atoms with Gasteiger partial charge in [-0.05, 0) is 48.3 Å². The van der Waals surface area contributed by atoms with Crippen molar-refractivity contribution in [1.82, 2.24) is 0 Å². The van der Waals surface area contributed by atoms with Gasteiger partial charge in [-0.3, -0.25) is 0 Å². The molecule has 0 aliphatic rings. The van der Waals surface area contributed by atoms with E-state index < -0.39 is 10.1 Å². The quantitative estimate of drug-likeness (QED) is 0.439. The average molecular weight is 368 g/mol. The van der Waals surface area contributed by atoms with Gasteiger partial charge in [0.25, 0.3) is 0 Å². The molecule has 0 aromatic heterocycles. The predicted molar refractivity (Wildman–Crippen MR) is 104 cm³/mol. The van der Waals surface area contributed by atoms with Crippen molar-refractivity contribution in [2.75, 3.05) is 0 Å². The summed E-state index contributed by atoms with van der Waals surface area (Å²) in [4.78, 5) is -0.143. The molecule has 25 heavy (non-hydrogen) atoms. The maximum Gasteiger partial charge on any atom is 0.124 e. The molecule has 1 aromatic carbocycles. The van der Waals surface area contributed by atoms with Gasteiger partial charge in [0.1, 0.15) is 10.1 Å². The lowest BCUT2D eigenvalue weighted by molar-refractivity contribution is 0.392. The molecule has 3 nitrogen and oxygen atoms in total. The first-order valence-corrected chi connectivity index (χ1v) is 11.1. The highest BCUT2D eigenvalue weighted by Crippen LogP contribution is 2.21. The maximum atomic E-state index is 10.9. The normalized spacial score (nSPS) is 14.6. The van der Waals surface area contributed by atoms with Crippen LogP contribution in [0.1, 0.15) is 78.2 Å². The number of hydrogen-bond donors (Lipinski definition) is 0. The Morgan fingerprint density at radius 2 is 1.28 bits per heavy atom. The minimum atomic E-state index is -4.33. The fraction of sp³-hybridized carbons (Fsp3) is 0.714. The Morgan fingerprint density at radius 1 is 0.800 bits per heavy atom. The highest BCUT2D eigenvalue weighted by atomic mass is 32.2. The summed E-state index contributed by atoms with van der Waals surface area (Å²) < 4.78 is 32.8. The Labute approximate surface area is 155 Å². The SMILES string of the molecule is CC(C)CCCC(C)CCCC(C)CCc1ccc(S(=O)(=O)[O-])cc1. The van der Waals surface area contributed by atoms with E-state index in [1.165, 1.54) is 50.7 Å². The van der Waals surface area contributed by atoms with Gasteiger partial charge in [-0.15, -0.1) is 0 Å². The molecule has 0 N–H and O–H groups in total. The Balaban J connectivity index is 2.21. The summed E-state index contributed by atoms with van der Waals surface area (Å²) in [5.74, 6) is 2.31. The first-order valence-electron chi connectivity index (χ1n) is 9.73. The van der Waals surface area contributed by atoms with Crippen molar-refractivity contribution in [2.24, 2.45) is 17.8 Å². The smallest absolute Gasteiger partial charge is 0.124 e. The lowest BCUT2D eigenvalue weighted by Crippen LogP contribution is -2.02. The van der Waals surface area contributed by atoms with E-state index in [1.807, 2.05) is 0 Å². The highest BCUT2D eigenvalue weighted by Gasteiger charge is 2.07. The highest BCUT2D eigenvalue weighted by molar-refractivity contribution is 7.85. The van der Waals surface area contributed by atoms with Gasteiger partial charge in [-0.1, -0.05) is 78.4 Å². The van der Waals surface area contributed by atoms with Gasteiger partial charge in [-0.25, -0.2) is 8.42 Å². The van der Waals surface area contributed by atoms with E-state index in [0.29, 0.717) is 5.92 Å². The second-order valence-corrected chi connectivity index (χ2v) is 9.48. The number of aryl methyl sites for hydroxylation is 1. The lowest BCUT2D eigenvalue weighted by atomic mass is 9.91. The maximum absolute atomic E-state index is 10.9. The molecule has 0 saturated heterocycles. The van der Waals surface area contributed by atoms with Gasteiger partial charge in [0.15, 0.2) is 0 Å². The first kappa shape index (κ1) is 22.2. The van der Waals surface area contributed by atoms with Gasteiger partial charge in [-0.2, -0.15) is 0 Å². The molecule has 0 aliphatic carbocycles. The second kappa shape index (κ2) is 11.0. The standard InChI is InChI=1S/C21H36O3S/c1-17(2)7-5-8-18(3)9-6-10-19(4)11-12-20-13-15-21(16-14-20)25(22,23)24/h13-19H,5-12H2,1-4H3,(H,22,23,24)/p-1. The molecule has 0 fully saturated rings. The van der Waals surface area contributed by atoms with Crippen molar-refractivity contribution in [1.29, 1.82) is 0 Å². The zero-order valence-corrected chi connectivity index (χ0v) is 17.1. The topological polar surface area (TPSA) is 57.2 Å². The summed E-state index contributed by atoms with van der Waals surface area (Å²) in [6.45, 7) is 9.25. The predicted octanol–water partition coefficient (Wildman–Crippen LogP) is 5.79. The molecule has 1 aromatic rings. The monoisotopic (exact) mass is 367 g/mol. The lowest BCUT2D eigenvalue weighted by Gasteiger charge is -2.15. The number of benzene rings is 1. The van der Waals surface area contributed by atoms with Gasteiger partial charge < -0.3 is 4.55 Å². The van der Waals surface area contributed by atoms with Gasteiger partial charge in [0.05, 0.1) is 4.90 Å². The number of hydrogen-bond acceptors (Lipinski definition) is 3. The van der Waals surface area contributed by atoms with Crippen LogP contribution in [-0.2, 0) is 16.5 Å². The van der Waals surface area contributed by atoms with Crippen LogP contribution in [0.5, 0.6) is 0 Å². The third-order valence-electron chi connectivity index (χ3n) is 5.01. The van der Waals surface area contributed by atoms with E-state index in [1.54, 1.807) is 12.1 Å². The first-order chi connectivity index (χ1) is 11.7. The molecular weight excluding hydrogens is 332 g/mol. The molecule has 2 unspecified atom stereocenters. The fourth-order valence-corrected chi connectivity index (χ4v) is 3.68.